The molecule has 3 heteroatoms. The number of fused-ring (bicyclic) bond motifs is 1. The lowest BCUT2D eigenvalue weighted by Gasteiger charge is -2.14. The van der Waals surface area contributed by atoms with Gasteiger partial charge >= 0.3 is 0 Å². The Kier molecular flexibility index (Phi) is 3.05. The Morgan fingerprint density at radius 2 is 1.84 bits per heavy atom. The third-order valence-corrected chi connectivity index (χ3v) is 3.68. The molecule has 1 heterocycles. The molecule has 0 saturated heterocycles. The lowest BCUT2D eigenvalue weighted by Crippen LogP contribution is -2.11. The molecule has 0 amide bonds. The zero-order chi connectivity index (χ0) is 13.4. The fourth-order valence-corrected chi connectivity index (χ4v) is 2.59. The Bertz CT molecular complexity index is 732. The number of hydrogen-bond donors (Lipinski definition) is 1. The summed E-state index contributed by atoms with van der Waals surface area (Å²) in [6.07, 6.45) is 1.71. The second-order valence-corrected chi connectivity index (χ2v) is 5.06. The molecule has 0 aliphatic carbocycles. The van der Waals surface area contributed by atoms with Gasteiger partial charge in [-0.25, -0.2) is 0 Å². The van der Waals surface area contributed by atoms with Crippen LogP contribution in [0.25, 0.3) is 10.8 Å². The highest BCUT2D eigenvalue weighted by Crippen LogP contribution is 2.32. The third kappa shape index (κ3) is 2.14. The molecule has 2 N–H and O–H groups in total. The second-order valence-electron chi connectivity index (χ2n) is 4.65. The number of rotatable bonds is 2. The van der Waals surface area contributed by atoms with Gasteiger partial charge in [0.05, 0.1) is 12.3 Å². The van der Waals surface area contributed by atoms with E-state index in [1.54, 1.807) is 6.26 Å². The molecule has 2 aromatic carbocycles. The minimum Gasteiger partial charge on any atom is -0.469 e. The molecule has 0 radical (unpaired) electrons. The van der Waals surface area contributed by atoms with Crippen molar-refractivity contribution in [2.75, 3.05) is 0 Å². The normalized spacial score (nSPS) is 12.8. The van der Waals surface area contributed by atoms with Gasteiger partial charge in [-0.2, -0.15) is 0 Å². The molecular weight excluding hydrogens is 258 g/mol. The highest BCUT2D eigenvalue weighted by Gasteiger charge is 2.15. The summed E-state index contributed by atoms with van der Waals surface area (Å²) in [6, 6.07) is 13.7. The van der Waals surface area contributed by atoms with Crippen LogP contribution in [0.5, 0.6) is 0 Å². The van der Waals surface area contributed by atoms with Gasteiger partial charge in [-0.1, -0.05) is 41.9 Å². The fourth-order valence-electron chi connectivity index (χ4n) is 2.36. The Morgan fingerprint density at radius 3 is 2.53 bits per heavy atom. The minimum atomic E-state index is -0.209. The van der Waals surface area contributed by atoms with Crippen molar-refractivity contribution in [1.29, 1.82) is 0 Å². The van der Waals surface area contributed by atoms with Crippen molar-refractivity contribution in [3.63, 3.8) is 0 Å². The summed E-state index contributed by atoms with van der Waals surface area (Å²) < 4.78 is 5.34. The van der Waals surface area contributed by atoms with Gasteiger partial charge in [0.2, 0.25) is 0 Å². The van der Waals surface area contributed by atoms with Crippen LogP contribution in [-0.4, -0.2) is 0 Å². The van der Waals surface area contributed by atoms with Gasteiger partial charge in [0, 0.05) is 16.0 Å². The van der Waals surface area contributed by atoms with Crippen LogP contribution in [0.15, 0.2) is 53.1 Å². The van der Waals surface area contributed by atoms with E-state index in [9.17, 15) is 0 Å². The number of hydrogen-bond acceptors (Lipinski definition) is 2. The highest BCUT2D eigenvalue weighted by molar-refractivity contribution is 6.35. The zero-order valence-corrected chi connectivity index (χ0v) is 11.3. The van der Waals surface area contributed by atoms with Crippen LogP contribution in [0.2, 0.25) is 5.02 Å². The van der Waals surface area contributed by atoms with Gasteiger partial charge in [0.1, 0.15) is 5.76 Å². The van der Waals surface area contributed by atoms with E-state index < -0.39 is 0 Å². The molecule has 0 aliphatic rings. The summed E-state index contributed by atoms with van der Waals surface area (Å²) in [5.41, 5.74) is 8.38. The summed E-state index contributed by atoms with van der Waals surface area (Å²) in [7, 11) is 0. The van der Waals surface area contributed by atoms with Crippen LogP contribution in [0, 0.1) is 6.92 Å². The average molecular weight is 272 g/mol. The Balaban J connectivity index is 2.18. The van der Waals surface area contributed by atoms with Gasteiger partial charge in [-0.3, -0.25) is 0 Å². The molecule has 1 unspecified atom stereocenters. The second kappa shape index (κ2) is 4.72. The average Bonchev–Trinajstić information content (AvgIpc) is 2.86. The van der Waals surface area contributed by atoms with Crippen molar-refractivity contribution < 1.29 is 4.42 Å². The van der Waals surface area contributed by atoms with Crippen molar-refractivity contribution >= 4 is 22.4 Å². The van der Waals surface area contributed by atoms with Crippen LogP contribution in [0.3, 0.4) is 0 Å². The molecule has 2 nitrogen and oxygen atoms in total. The first-order chi connectivity index (χ1) is 9.16. The lowest BCUT2D eigenvalue weighted by atomic mass is 9.96. The van der Waals surface area contributed by atoms with Crippen molar-refractivity contribution in [2.24, 2.45) is 5.73 Å². The molecule has 1 atom stereocenters. The first kappa shape index (κ1) is 12.3. The van der Waals surface area contributed by atoms with E-state index in [0.29, 0.717) is 0 Å². The maximum Gasteiger partial charge on any atom is 0.101 e. The molecule has 19 heavy (non-hydrogen) atoms. The summed E-state index contributed by atoms with van der Waals surface area (Å²) in [4.78, 5) is 0. The molecule has 96 valence electrons. The first-order valence-electron chi connectivity index (χ1n) is 6.14. The molecular formula is C16H14ClNO. The maximum atomic E-state index is 6.34. The lowest BCUT2D eigenvalue weighted by molar-refractivity contribution is 0.530. The van der Waals surface area contributed by atoms with Gasteiger partial charge in [-0.15, -0.1) is 0 Å². The number of nitrogens with two attached hydrogens (primary N) is 1. The molecule has 0 spiro atoms. The van der Waals surface area contributed by atoms with E-state index in [2.05, 4.69) is 0 Å². The summed E-state index contributed by atoms with van der Waals surface area (Å²) in [5.74, 6) is 0.865. The molecule has 1 aromatic heterocycles. The molecule has 0 bridgehead atoms. The van der Waals surface area contributed by atoms with E-state index in [1.807, 2.05) is 49.4 Å². The zero-order valence-electron chi connectivity index (χ0n) is 10.6. The first-order valence-corrected chi connectivity index (χ1v) is 6.52. The van der Waals surface area contributed by atoms with Crippen LogP contribution >= 0.6 is 11.6 Å². The standard InChI is InChI=1S/C16H14ClNO/c1-10-8-11(9-19-10)16(18)14-6-7-15(17)13-5-3-2-4-12(13)14/h2-9,16H,18H2,1H3. The van der Waals surface area contributed by atoms with Crippen LogP contribution in [0.1, 0.15) is 22.9 Å². The molecule has 0 saturated carbocycles. The van der Waals surface area contributed by atoms with Crippen LogP contribution in [-0.2, 0) is 0 Å². The number of benzene rings is 2. The highest BCUT2D eigenvalue weighted by atomic mass is 35.5. The maximum absolute atomic E-state index is 6.34. The number of halogens is 1. The fraction of sp³-hybridized carbons (Fsp3) is 0.125. The summed E-state index contributed by atoms with van der Waals surface area (Å²) >= 11 is 6.22. The quantitative estimate of drug-likeness (QED) is 0.748. The third-order valence-electron chi connectivity index (χ3n) is 3.35. The summed E-state index contributed by atoms with van der Waals surface area (Å²) in [6.45, 7) is 1.91. The molecule has 0 aliphatic heterocycles. The minimum absolute atomic E-state index is 0.209. The van der Waals surface area contributed by atoms with Crippen molar-refractivity contribution in [2.45, 2.75) is 13.0 Å². The van der Waals surface area contributed by atoms with Gasteiger partial charge in [0.25, 0.3) is 0 Å². The smallest absolute Gasteiger partial charge is 0.101 e. The van der Waals surface area contributed by atoms with Crippen LogP contribution in [0.4, 0.5) is 0 Å². The van der Waals surface area contributed by atoms with Crippen molar-refractivity contribution in [3.05, 3.63) is 70.6 Å². The Labute approximate surface area is 116 Å². The van der Waals surface area contributed by atoms with Crippen molar-refractivity contribution in [1.82, 2.24) is 0 Å². The SMILES string of the molecule is Cc1cc(C(N)c2ccc(Cl)c3ccccc23)co1. The predicted octanol–water partition coefficient (Wildman–Crippen LogP) is 4.44. The number of aryl methyl sites for hydroxylation is 1. The van der Waals surface area contributed by atoms with E-state index in [0.717, 1.165) is 32.7 Å². The van der Waals surface area contributed by atoms with E-state index in [-0.39, 0.29) is 6.04 Å². The monoisotopic (exact) mass is 271 g/mol. The largest absolute Gasteiger partial charge is 0.469 e. The van der Waals surface area contributed by atoms with Gasteiger partial charge in [-0.05, 0) is 30.0 Å². The van der Waals surface area contributed by atoms with Gasteiger partial charge in [0.15, 0.2) is 0 Å². The van der Waals surface area contributed by atoms with E-state index >= 15 is 0 Å². The molecule has 0 fully saturated rings. The predicted molar refractivity (Wildman–Crippen MR) is 78.4 cm³/mol. The van der Waals surface area contributed by atoms with Crippen LogP contribution < -0.4 is 5.73 Å². The summed E-state index contributed by atoms with van der Waals surface area (Å²) in [5, 5.41) is 2.86. The van der Waals surface area contributed by atoms with Gasteiger partial charge < -0.3 is 10.2 Å². The Morgan fingerprint density at radius 1 is 1.11 bits per heavy atom. The molecule has 3 rings (SSSR count). The Hall–Kier alpha value is -1.77. The molecule has 3 aromatic rings. The van der Waals surface area contributed by atoms with E-state index in [4.69, 9.17) is 21.8 Å². The number of furan rings is 1. The van der Waals surface area contributed by atoms with E-state index in [1.165, 1.54) is 0 Å². The van der Waals surface area contributed by atoms with Crippen molar-refractivity contribution in [3.8, 4) is 0 Å². The topological polar surface area (TPSA) is 39.2 Å².